The van der Waals surface area contributed by atoms with Gasteiger partial charge in [-0.1, -0.05) is 50.2 Å². The molecule has 0 saturated carbocycles. The summed E-state index contributed by atoms with van der Waals surface area (Å²) in [7, 11) is 0. The molecule has 3 aromatic rings. The highest BCUT2D eigenvalue weighted by Crippen LogP contribution is 2.47. The van der Waals surface area contributed by atoms with Crippen molar-refractivity contribution in [3.8, 4) is 17.2 Å². The van der Waals surface area contributed by atoms with Gasteiger partial charge in [-0.3, -0.25) is 0 Å². The number of aromatic hydroxyl groups is 3. The molecule has 3 aromatic carbocycles. The van der Waals surface area contributed by atoms with E-state index in [1.54, 1.807) is 24.3 Å². The number of hydrogen-bond donors (Lipinski definition) is 3. The Balaban J connectivity index is 2.40. The van der Waals surface area contributed by atoms with Crippen LogP contribution >= 0.6 is 0 Å². The van der Waals surface area contributed by atoms with Gasteiger partial charge in [0, 0.05) is 5.41 Å². The van der Waals surface area contributed by atoms with Gasteiger partial charge in [0.05, 0.1) is 0 Å². The van der Waals surface area contributed by atoms with Gasteiger partial charge >= 0.3 is 0 Å². The fraction of sp³-hybridized carbons (Fsp3) is 0.250. The molecule has 0 spiro atoms. The lowest BCUT2D eigenvalue weighted by molar-refractivity contribution is 0.429. The van der Waals surface area contributed by atoms with Crippen molar-refractivity contribution in [2.45, 2.75) is 33.1 Å². The number of hydrogen-bond acceptors (Lipinski definition) is 3. The van der Waals surface area contributed by atoms with Crippen molar-refractivity contribution >= 4 is 0 Å². The van der Waals surface area contributed by atoms with E-state index in [9.17, 15) is 15.3 Å². The second-order valence-electron chi connectivity index (χ2n) is 7.52. The topological polar surface area (TPSA) is 60.7 Å². The van der Waals surface area contributed by atoms with Crippen LogP contribution in [0.15, 0.2) is 60.7 Å². The van der Waals surface area contributed by atoms with Crippen LogP contribution in [-0.2, 0) is 5.41 Å². The van der Waals surface area contributed by atoms with Crippen molar-refractivity contribution in [2.24, 2.45) is 5.92 Å². The zero-order valence-electron chi connectivity index (χ0n) is 16.2. The SMILES string of the molecule is Cc1cc(C(c2ccc(O)cc2)(c2ccc(O)cc2)C(C)C)cc(C)c1O. The molecule has 0 atom stereocenters. The summed E-state index contributed by atoms with van der Waals surface area (Å²) in [6.07, 6.45) is 0. The first kappa shape index (κ1) is 18.8. The van der Waals surface area contributed by atoms with Crippen molar-refractivity contribution in [3.05, 3.63) is 88.5 Å². The van der Waals surface area contributed by atoms with Gasteiger partial charge in [0.1, 0.15) is 17.2 Å². The van der Waals surface area contributed by atoms with E-state index in [2.05, 4.69) is 13.8 Å². The lowest BCUT2D eigenvalue weighted by Gasteiger charge is -2.40. The van der Waals surface area contributed by atoms with Crippen molar-refractivity contribution in [2.75, 3.05) is 0 Å². The van der Waals surface area contributed by atoms with E-state index in [4.69, 9.17) is 0 Å². The summed E-state index contributed by atoms with van der Waals surface area (Å²) < 4.78 is 0. The predicted octanol–water partition coefficient (Wildman–Crippen LogP) is 5.41. The summed E-state index contributed by atoms with van der Waals surface area (Å²) in [5.41, 5.74) is 4.32. The van der Waals surface area contributed by atoms with Crippen LogP contribution in [0, 0.1) is 19.8 Å². The summed E-state index contributed by atoms with van der Waals surface area (Å²) >= 11 is 0. The van der Waals surface area contributed by atoms with E-state index in [1.807, 2.05) is 50.2 Å². The standard InChI is InChI=1S/C24H26O3/c1-15(2)24(18-5-9-21(25)10-6-18,19-7-11-22(26)12-8-19)20-13-16(3)23(27)17(4)14-20/h5-15,25-27H,1-4H3. The van der Waals surface area contributed by atoms with Crippen molar-refractivity contribution < 1.29 is 15.3 Å². The number of aryl methyl sites for hydroxylation is 2. The number of phenolic OH excluding ortho intramolecular Hbond substituents is 3. The van der Waals surface area contributed by atoms with Crippen LogP contribution in [0.25, 0.3) is 0 Å². The summed E-state index contributed by atoms with van der Waals surface area (Å²) in [5.74, 6) is 0.933. The van der Waals surface area contributed by atoms with Crippen LogP contribution in [0.4, 0.5) is 0 Å². The first-order chi connectivity index (χ1) is 12.8. The first-order valence-corrected chi connectivity index (χ1v) is 9.16. The van der Waals surface area contributed by atoms with E-state index >= 15 is 0 Å². The maximum absolute atomic E-state index is 10.3. The lowest BCUT2D eigenvalue weighted by atomic mass is 9.62. The Kier molecular flexibility index (Phi) is 4.88. The van der Waals surface area contributed by atoms with Gasteiger partial charge in [0.15, 0.2) is 0 Å². The molecular weight excluding hydrogens is 336 g/mol. The van der Waals surface area contributed by atoms with E-state index < -0.39 is 5.41 Å². The zero-order chi connectivity index (χ0) is 19.8. The summed E-state index contributed by atoms with van der Waals surface area (Å²) in [4.78, 5) is 0. The Bertz CT molecular complexity index is 870. The molecular formula is C24H26O3. The van der Waals surface area contributed by atoms with Gasteiger partial charge in [0.25, 0.3) is 0 Å². The molecule has 0 aliphatic rings. The Hall–Kier alpha value is -2.94. The smallest absolute Gasteiger partial charge is 0.121 e. The minimum atomic E-state index is -0.495. The molecule has 27 heavy (non-hydrogen) atoms. The summed E-state index contributed by atoms with van der Waals surface area (Å²) in [6.45, 7) is 8.14. The first-order valence-electron chi connectivity index (χ1n) is 9.16. The number of benzene rings is 3. The van der Waals surface area contributed by atoms with Gasteiger partial charge in [-0.15, -0.1) is 0 Å². The van der Waals surface area contributed by atoms with Gasteiger partial charge < -0.3 is 15.3 Å². The highest BCUT2D eigenvalue weighted by atomic mass is 16.3. The van der Waals surface area contributed by atoms with E-state index in [0.29, 0.717) is 5.75 Å². The molecule has 0 fully saturated rings. The van der Waals surface area contributed by atoms with Crippen molar-refractivity contribution in [3.63, 3.8) is 0 Å². The monoisotopic (exact) mass is 362 g/mol. The highest BCUT2D eigenvalue weighted by molar-refractivity contribution is 5.56. The molecule has 3 rings (SSSR count). The summed E-state index contributed by atoms with van der Waals surface area (Å²) in [6, 6.07) is 18.6. The maximum atomic E-state index is 10.3. The fourth-order valence-electron chi connectivity index (χ4n) is 4.13. The third kappa shape index (κ3) is 3.14. The molecule has 0 aromatic heterocycles. The number of rotatable bonds is 4. The quantitative estimate of drug-likeness (QED) is 0.544. The Labute approximate surface area is 160 Å². The van der Waals surface area contributed by atoms with Gasteiger partial charge in [-0.25, -0.2) is 0 Å². The number of phenols is 3. The lowest BCUT2D eigenvalue weighted by Crippen LogP contribution is -2.35. The van der Waals surface area contributed by atoms with Crippen molar-refractivity contribution in [1.29, 1.82) is 0 Å². The van der Waals surface area contributed by atoms with Crippen LogP contribution < -0.4 is 0 Å². The Morgan fingerprint density at radius 2 is 1.00 bits per heavy atom. The van der Waals surface area contributed by atoms with E-state index in [-0.39, 0.29) is 17.4 Å². The van der Waals surface area contributed by atoms with Gasteiger partial charge in [-0.05, 0) is 71.8 Å². The molecule has 3 N–H and O–H groups in total. The van der Waals surface area contributed by atoms with Crippen LogP contribution in [0.3, 0.4) is 0 Å². The second-order valence-corrected chi connectivity index (χ2v) is 7.52. The normalized spacial score (nSPS) is 11.7. The average molecular weight is 362 g/mol. The molecule has 140 valence electrons. The highest BCUT2D eigenvalue weighted by Gasteiger charge is 2.40. The molecule has 0 bridgehead atoms. The largest absolute Gasteiger partial charge is 0.508 e. The minimum absolute atomic E-state index is 0.176. The third-order valence-electron chi connectivity index (χ3n) is 5.46. The minimum Gasteiger partial charge on any atom is -0.508 e. The molecule has 0 heterocycles. The Morgan fingerprint density at radius 1 is 0.630 bits per heavy atom. The summed E-state index contributed by atoms with van der Waals surface area (Å²) in [5, 5.41) is 29.9. The van der Waals surface area contributed by atoms with Crippen LogP contribution in [0.2, 0.25) is 0 Å². The molecule has 0 aliphatic carbocycles. The predicted molar refractivity (Wildman–Crippen MR) is 109 cm³/mol. The molecule has 0 amide bonds. The molecule has 0 saturated heterocycles. The van der Waals surface area contributed by atoms with Crippen LogP contribution in [0.1, 0.15) is 41.7 Å². The molecule has 0 aliphatic heterocycles. The molecule has 0 radical (unpaired) electrons. The second kappa shape index (κ2) is 6.99. The fourth-order valence-corrected chi connectivity index (χ4v) is 4.13. The third-order valence-corrected chi connectivity index (χ3v) is 5.46. The van der Waals surface area contributed by atoms with E-state index in [1.165, 1.54) is 0 Å². The maximum Gasteiger partial charge on any atom is 0.121 e. The Morgan fingerprint density at radius 3 is 1.33 bits per heavy atom. The van der Waals surface area contributed by atoms with Gasteiger partial charge in [0.2, 0.25) is 0 Å². The van der Waals surface area contributed by atoms with Gasteiger partial charge in [-0.2, -0.15) is 0 Å². The van der Waals surface area contributed by atoms with E-state index in [0.717, 1.165) is 27.8 Å². The van der Waals surface area contributed by atoms with Crippen molar-refractivity contribution in [1.82, 2.24) is 0 Å². The van der Waals surface area contributed by atoms with Crippen LogP contribution in [-0.4, -0.2) is 15.3 Å². The molecule has 3 nitrogen and oxygen atoms in total. The van der Waals surface area contributed by atoms with Crippen LogP contribution in [0.5, 0.6) is 17.2 Å². The zero-order valence-corrected chi connectivity index (χ0v) is 16.2. The molecule has 0 unspecified atom stereocenters. The molecule has 3 heteroatoms. The average Bonchev–Trinajstić information content (AvgIpc) is 2.63.